The summed E-state index contributed by atoms with van der Waals surface area (Å²) in [6.45, 7) is 0. The maximum atomic E-state index is 12.3. The normalized spacial score (nSPS) is 10.7. The molecule has 9 heteroatoms. The number of carbonyl (C=O) groups excluding carboxylic acids is 1. The lowest BCUT2D eigenvalue weighted by Gasteiger charge is -2.04. The minimum Gasteiger partial charge on any atom is -0.296 e. The molecule has 25 heavy (non-hydrogen) atoms. The van der Waals surface area contributed by atoms with Gasteiger partial charge < -0.3 is 0 Å². The summed E-state index contributed by atoms with van der Waals surface area (Å²) >= 11 is 15.7. The second kappa shape index (κ2) is 8.64. The van der Waals surface area contributed by atoms with E-state index in [9.17, 15) is 4.79 Å². The van der Waals surface area contributed by atoms with Crippen LogP contribution in [0, 0.1) is 0 Å². The Balaban J connectivity index is 1.62. The van der Waals surface area contributed by atoms with E-state index in [0.717, 1.165) is 19.0 Å². The zero-order valence-electron chi connectivity index (χ0n) is 12.5. The molecule has 128 valence electrons. The minimum atomic E-state index is -0.313. The van der Waals surface area contributed by atoms with Gasteiger partial charge in [-0.05, 0) is 35.9 Å². The predicted molar refractivity (Wildman–Crippen MR) is 111 cm³/mol. The lowest BCUT2D eigenvalue weighted by Crippen LogP contribution is -2.12. The first kappa shape index (κ1) is 18.8. The number of carbonyl (C=O) groups is 1. The first-order chi connectivity index (χ1) is 12.0. The molecule has 3 aromatic rings. The SMILES string of the molecule is O=C(Nc1nnc(SCc2ccc(Br)cc2)s1)c1cc(Br)ccc1Cl. The number of amides is 1. The third-order valence-electron chi connectivity index (χ3n) is 3.08. The van der Waals surface area contributed by atoms with Crippen LogP contribution in [0.15, 0.2) is 55.7 Å². The Labute approximate surface area is 174 Å². The molecule has 1 amide bonds. The largest absolute Gasteiger partial charge is 0.296 e. The lowest BCUT2D eigenvalue weighted by atomic mass is 10.2. The molecule has 0 unspecified atom stereocenters. The Bertz CT molecular complexity index is 903. The van der Waals surface area contributed by atoms with Crippen LogP contribution >= 0.6 is 66.6 Å². The highest BCUT2D eigenvalue weighted by molar-refractivity contribution is 9.10. The Kier molecular flexibility index (Phi) is 6.51. The fourth-order valence-electron chi connectivity index (χ4n) is 1.88. The summed E-state index contributed by atoms with van der Waals surface area (Å²) in [6.07, 6.45) is 0. The second-order valence-electron chi connectivity index (χ2n) is 4.87. The molecule has 0 spiro atoms. The van der Waals surface area contributed by atoms with Gasteiger partial charge in [-0.2, -0.15) is 0 Å². The third-order valence-corrected chi connectivity index (χ3v) is 6.47. The van der Waals surface area contributed by atoms with E-state index >= 15 is 0 Å². The van der Waals surface area contributed by atoms with Crippen molar-refractivity contribution in [3.63, 3.8) is 0 Å². The molecule has 1 aromatic heterocycles. The minimum absolute atomic E-state index is 0.313. The van der Waals surface area contributed by atoms with E-state index in [1.807, 2.05) is 12.1 Å². The van der Waals surface area contributed by atoms with Crippen molar-refractivity contribution in [3.8, 4) is 0 Å². The van der Waals surface area contributed by atoms with Gasteiger partial charge in [-0.1, -0.05) is 78.7 Å². The standard InChI is InChI=1S/C16H10Br2ClN3OS2/c17-10-3-1-9(2-4-10)8-24-16-22-21-15(25-16)20-14(23)12-7-11(18)5-6-13(12)19/h1-7H,8H2,(H,20,21,23). The van der Waals surface area contributed by atoms with E-state index in [2.05, 4.69) is 59.5 Å². The van der Waals surface area contributed by atoms with E-state index < -0.39 is 0 Å². The van der Waals surface area contributed by atoms with Crippen LogP contribution in [-0.2, 0) is 5.75 Å². The van der Waals surface area contributed by atoms with Crippen molar-refractivity contribution >= 4 is 77.6 Å². The van der Waals surface area contributed by atoms with Crippen molar-refractivity contribution < 1.29 is 4.79 Å². The van der Waals surface area contributed by atoms with Crippen molar-refractivity contribution in [1.29, 1.82) is 0 Å². The summed E-state index contributed by atoms with van der Waals surface area (Å²) in [7, 11) is 0. The average molecular weight is 520 g/mol. The summed E-state index contributed by atoms with van der Waals surface area (Å²) in [6, 6.07) is 13.2. The van der Waals surface area contributed by atoms with E-state index in [0.29, 0.717) is 15.7 Å². The number of hydrogen-bond donors (Lipinski definition) is 1. The number of aromatic nitrogens is 2. The average Bonchev–Trinajstić information content (AvgIpc) is 3.04. The van der Waals surface area contributed by atoms with Crippen molar-refractivity contribution in [1.82, 2.24) is 10.2 Å². The van der Waals surface area contributed by atoms with Crippen LogP contribution in [0.2, 0.25) is 5.02 Å². The number of rotatable bonds is 5. The van der Waals surface area contributed by atoms with Gasteiger partial charge in [0, 0.05) is 14.7 Å². The lowest BCUT2D eigenvalue weighted by molar-refractivity contribution is 0.102. The number of nitrogens with zero attached hydrogens (tertiary/aromatic N) is 2. The quantitative estimate of drug-likeness (QED) is 0.319. The molecule has 1 heterocycles. The van der Waals surface area contributed by atoms with Gasteiger partial charge in [-0.15, -0.1) is 10.2 Å². The molecule has 0 atom stereocenters. The van der Waals surface area contributed by atoms with Crippen LogP contribution in [0.25, 0.3) is 0 Å². The molecule has 0 aliphatic rings. The van der Waals surface area contributed by atoms with E-state index in [-0.39, 0.29) is 5.91 Å². The van der Waals surface area contributed by atoms with E-state index in [4.69, 9.17) is 11.6 Å². The van der Waals surface area contributed by atoms with Gasteiger partial charge in [0.05, 0.1) is 10.6 Å². The fraction of sp³-hybridized carbons (Fsp3) is 0.0625. The zero-order chi connectivity index (χ0) is 17.8. The van der Waals surface area contributed by atoms with Crippen LogP contribution in [0.3, 0.4) is 0 Å². The van der Waals surface area contributed by atoms with Crippen LogP contribution in [0.4, 0.5) is 5.13 Å². The molecule has 0 aliphatic heterocycles. The summed E-state index contributed by atoms with van der Waals surface area (Å²) in [5.74, 6) is 0.472. The van der Waals surface area contributed by atoms with Gasteiger partial charge >= 0.3 is 0 Å². The van der Waals surface area contributed by atoms with Crippen LogP contribution in [-0.4, -0.2) is 16.1 Å². The number of hydrogen-bond acceptors (Lipinski definition) is 5. The molecule has 0 saturated heterocycles. The molecule has 0 radical (unpaired) electrons. The predicted octanol–water partition coefficient (Wildman–Crippen LogP) is 6.26. The summed E-state index contributed by atoms with van der Waals surface area (Å²) in [5, 5.41) is 11.7. The Hall–Kier alpha value is -0.930. The molecule has 1 N–H and O–H groups in total. The summed E-state index contributed by atoms with van der Waals surface area (Å²) < 4.78 is 2.62. The van der Waals surface area contributed by atoms with Gasteiger partial charge in [0.1, 0.15) is 0 Å². The zero-order valence-corrected chi connectivity index (χ0v) is 18.1. The monoisotopic (exact) mass is 517 g/mol. The second-order valence-corrected chi connectivity index (χ2v) is 9.31. The molecule has 2 aromatic carbocycles. The molecule has 0 fully saturated rings. The van der Waals surface area contributed by atoms with Gasteiger partial charge in [0.15, 0.2) is 4.34 Å². The van der Waals surface area contributed by atoms with E-state index in [1.54, 1.807) is 30.0 Å². The number of nitrogens with one attached hydrogen (secondary N) is 1. The van der Waals surface area contributed by atoms with Crippen LogP contribution in [0.1, 0.15) is 15.9 Å². The van der Waals surface area contributed by atoms with Crippen molar-refractivity contribution in [2.75, 3.05) is 5.32 Å². The molecule has 4 nitrogen and oxygen atoms in total. The Morgan fingerprint density at radius 1 is 1.12 bits per heavy atom. The summed E-state index contributed by atoms with van der Waals surface area (Å²) in [4.78, 5) is 12.3. The summed E-state index contributed by atoms with van der Waals surface area (Å²) in [5.41, 5.74) is 1.57. The van der Waals surface area contributed by atoms with Gasteiger partial charge in [-0.3, -0.25) is 10.1 Å². The highest BCUT2D eigenvalue weighted by Gasteiger charge is 2.14. The third kappa shape index (κ3) is 5.27. The number of benzene rings is 2. The molecule has 0 saturated carbocycles. The molecule has 3 rings (SSSR count). The first-order valence-corrected chi connectivity index (χ1v) is 10.7. The molecule has 0 aliphatic carbocycles. The van der Waals surface area contributed by atoms with Crippen LogP contribution in [0.5, 0.6) is 0 Å². The number of anilines is 1. The maximum absolute atomic E-state index is 12.3. The smallest absolute Gasteiger partial charge is 0.259 e. The van der Waals surface area contributed by atoms with Gasteiger partial charge in [-0.25, -0.2) is 0 Å². The number of thioether (sulfide) groups is 1. The fourth-order valence-corrected chi connectivity index (χ4v) is 4.41. The topological polar surface area (TPSA) is 54.9 Å². The molecule has 0 bridgehead atoms. The van der Waals surface area contributed by atoms with Crippen molar-refractivity contribution in [3.05, 3.63) is 67.6 Å². The van der Waals surface area contributed by atoms with Gasteiger partial charge in [0.2, 0.25) is 5.13 Å². The Morgan fingerprint density at radius 3 is 2.60 bits per heavy atom. The van der Waals surface area contributed by atoms with Crippen molar-refractivity contribution in [2.24, 2.45) is 0 Å². The molecular formula is C16H10Br2ClN3OS2. The highest BCUT2D eigenvalue weighted by atomic mass is 79.9. The maximum Gasteiger partial charge on any atom is 0.259 e. The molecular weight excluding hydrogens is 510 g/mol. The van der Waals surface area contributed by atoms with E-state index in [1.165, 1.54) is 16.9 Å². The first-order valence-electron chi connectivity index (χ1n) is 6.98. The Morgan fingerprint density at radius 2 is 1.84 bits per heavy atom. The van der Waals surface area contributed by atoms with Crippen LogP contribution < -0.4 is 5.32 Å². The highest BCUT2D eigenvalue weighted by Crippen LogP contribution is 2.29. The van der Waals surface area contributed by atoms with Crippen molar-refractivity contribution in [2.45, 2.75) is 10.1 Å². The number of halogens is 3. The van der Waals surface area contributed by atoms with Gasteiger partial charge in [0.25, 0.3) is 5.91 Å².